The van der Waals surface area contributed by atoms with Crippen molar-refractivity contribution in [2.75, 3.05) is 18.1 Å². The van der Waals surface area contributed by atoms with Gasteiger partial charge in [0.25, 0.3) is 5.88 Å². The lowest BCUT2D eigenvalue weighted by Crippen LogP contribution is -2.46. The first kappa shape index (κ1) is 10.1. The van der Waals surface area contributed by atoms with Gasteiger partial charge < -0.3 is 9.64 Å². The van der Waals surface area contributed by atoms with E-state index in [1.54, 1.807) is 0 Å². The molecule has 3 heterocycles. The molecular weight excluding hydrogens is 226 g/mol. The SMILES string of the molecule is c1ccc2nc3c(nc2c1)OC[C@H]1CCCCN31. The molecule has 1 aromatic heterocycles. The second-order valence-electron chi connectivity index (χ2n) is 5.00. The maximum absolute atomic E-state index is 5.79. The van der Waals surface area contributed by atoms with Crippen LogP contribution >= 0.6 is 0 Å². The predicted molar refractivity (Wildman–Crippen MR) is 70.0 cm³/mol. The van der Waals surface area contributed by atoms with E-state index in [0.717, 1.165) is 30.0 Å². The third kappa shape index (κ3) is 1.45. The van der Waals surface area contributed by atoms with Crippen molar-refractivity contribution in [3.8, 4) is 5.88 Å². The van der Waals surface area contributed by atoms with Crippen molar-refractivity contribution in [3.05, 3.63) is 24.3 Å². The molecule has 2 aromatic rings. The van der Waals surface area contributed by atoms with Crippen molar-refractivity contribution in [2.24, 2.45) is 0 Å². The molecule has 0 radical (unpaired) electrons. The number of hydrogen-bond donors (Lipinski definition) is 0. The summed E-state index contributed by atoms with van der Waals surface area (Å²) in [6, 6.07) is 8.46. The minimum absolute atomic E-state index is 0.488. The molecule has 0 bridgehead atoms. The molecule has 4 nitrogen and oxygen atoms in total. The Balaban J connectivity index is 1.87. The average molecular weight is 241 g/mol. The fourth-order valence-electron chi connectivity index (χ4n) is 2.89. The van der Waals surface area contributed by atoms with Crippen molar-refractivity contribution in [1.82, 2.24) is 9.97 Å². The van der Waals surface area contributed by atoms with Crippen molar-refractivity contribution in [2.45, 2.75) is 25.3 Å². The Morgan fingerprint density at radius 1 is 1.11 bits per heavy atom. The van der Waals surface area contributed by atoms with Crippen LogP contribution < -0.4 is 9.64 Å². The lowest BCUT2D eigenvalue weighted by atomic mass is 10.0. The molecule has 1 saturated heterocycles. The summed E-state index contributed by atoms with van der Waals surface area (Å²) < 4.78 is 5.79. The highest BCUT2D eigenvalue weighted by atomic mass is 16.5. The Morgan fingerprint density at radius 3 is 2.83 bits per heavy atom. The third-order valence-electron chi connectivity index (χ3n) is 3.83. The van der Waals surface area contributed by atoms with E-state index in [9.17, 15) is 0 Å². The van der Waals surface area contributed by atoms with Gasteiger partial charge in [-0.2, -0.15) is 0 Å². The van der Waals surface area contributed by atoms with Gasteiger partial charge in [-0.1, -0.05) is 12.1 Å². The van der Waals surface area contributed by atoms with Gasteiger partial charge in [0, 0.05) is 6.54 Å². The van der Waals surface area contributed by atoms with Crippen molar-refractivity contribution < 1.29 is 4.74 Å². The molecule has 0 spiro atoms. The largest absolute Gasteiger partial charge is 0.473 e. The van der Waals surface area contributed by atoms with Crippen LogP contribution in [0.4, 0.5) is 5.82 Å². The van der Waals surface area contributed by atoms with Crippen LogP contribution in [0.5, 0.6) is 5.88 Å². The van der Waals surface area contributed by atoms with Crippen LogP contribution in [0, 0.1) is 0 Å². The molecule has 0 amide bonds. The number of anilines is 1. The molecule has 18 heavy (non-hydrogen) atoms. The van der Waals surface area contributed by atoms with E-state index in [4.69, 9.17) is 9.72 Å². The highest BCUT2D eigenvalue weighted by molar-refractivity contribution is 5.77. The zero-order valence-electron chi connectivity index (χ0n) is 10.2. The van der Waals surface area contributed by atoms with Gasteiger partial charge in [0.05, 0.1) is 17.1 Å². The molecule has 4 rings (SSSR count). The Hall–Kier alpha value is -1.84. The van der Waals surface area contributed by atoms with Crippen LogP contribution in [0.15, 0.2) is 24.3 Å². The van der Waals surface area contributed by atoms with Crippen LogP contribution in [-0.2, 0) is 0 Å². The number of rotatable bonds is 0. The molecule has 2 aliphatic heterocycles. The normalized spacial score (nSPS) is 22.2. The summed E-state index contributed by atoms with van der Waals surface area (Å²) in [7, 11) is 0. The predicted octanol–water partition coefficient (Wildman–Crippen LogP) is 2.38. The summed E-state index contributed by atoms with van der Waals surface area (Å²) in [6.07, 6.45) is 3.74. The van der Waals surface area contributed by atoms with Crippen LogP contribution in [0.1, 0.15) is 19.3 Å². The van der Waals surface area contributed by atoms with E-state index in [-0.39, 0.29) is 0 Å². The molecule has 0 unspecified atom stereocenters. The minimum atomic E-state index is 0.488. The van der Waals surface area contributed by atoms with Gasteiger partial charge >= 0.3 is 0 Å². The molecule has 0 aliphatic carbocycles. The fourth-order valence-corrected chi connectivity index (χ4v) is 2.89. The van der Waals surface area contributed by atoms with E-state index in [1.165, 1.54) is 19.3 Å². The van der Waals surface area contributed by atoms with Crippen molar-refractivity contribution in [1.29, 1.82) is 0 Å². The highest BCUT2D eigenvalue weighted by Crippen LogP contribution is 2.35. The van der Waals surface area contributed by atoms with Gasteiger partial charge in [0.15, 0.2) is 5.82 Å². The summed E-state index contributed by atoms with van der Waals surface area (Å²) in [5.41, 5.74) is 1.86. The Labute approximate surface area is 106 Å². The molecule has 1 atom stereocenters. The molecule has 0 saturated carbocycles. The molecule has 4 heteroatoms. The van der Waals surface area contributed by atoms with E-state index >= 15 is 0 Å². The van der Waals surface area contributed by atoms with Crippen molar-refractivity contribution >= 4 is 16.9 Å². The first-order valence-corrected chi connectivity index (χ1v) is 6.58. The lowest BCUT2D eigenvalue weighted by molar-refractivity contribution is 0.230. The summed E-state index contributed by atoms with van der Waals surface area (Å²) in [5, 5.41) is 0. The molecule has 2 aliphatic rings. The van der Waals surface area contributed by atoms with Gasteiger partial charge in [0.2, 0.25) is 0 Å². The van der Waals surface area contributed by atoms with Gasteiger partial charge in [-0.15, -0.1) is 0 Å². The first-order valence-electron chi connectivity index (χ1n) is 6.58. The lowest BCUT2D eigenvalue weighted by Gasteiger charge is -2.40. The highest BCUT2D eigenvalue weighted by Gasteiger charge is 2.31. The Bertz CT molecular complexity index is 599. The zero-order valence-corrected chi connectivity index (χ0v) is 10.2. The summed E-state index contributed by atoms with van der Waals surface area (Å²) in [4.78, 5) is 11.7. The zero-order chi connectivity index (χ0) is 11.9. The number of nitrogens with zero attached hydrogens (tertiary/aromatic N) is 3. The maximum Gasteiger partial charge on any atom is 0.258 e. The van der Waals surface area contributed by atoms with Gasteiger partial charge in [-0.25, -0.2) is 9.97 Å². The van der Waals surface area contributed by atoms with E-state index in [1.807, 2.05) is 24.3 Å². The standard InChI is InChI=1S/C14H15N3O/c1-2-7-12-11(6-1)15-13-14(16-12)18-9-10-5-3-4-8-17(10)13/h1-2,6-7,10H,3-5,8-9H2/t10-/m1/s1. The topological polar surface area (TPSA) is 38.3 Å². The monoisotopic (exact) mass is 241 g/mol. The summed E-state index contributed by atoms with van der Waals surface area (Å²) in [6.45, 7) is 1.83. The van der Waals surface area contributed by atoms with Gasteiger partial charge in [-0.05, 0) is 31.4 Å². The van der Waals surface area contributed by atoms with Crippen molar-refractivity contribution in [3.63, 3.8) is 0 Å². The first-order chi connectivity index (χ1) is 8.92. The van der Waals surface area contributed by atoms with Crippen LogP contribution in [0.2, 0.25) is 0 Å². The molecule has 1 fully saturated rings. The Kier molecular flexibility index (Phi) is 2.15. The molecular formula is C14H15N3O. The molecule has 0 N–H and O–H groups in total. The van der Waals surface area contributed by atoms with E-state index < -0.39 is 0 Å². The van der Waals surface area contributed by atoms with Gasteiger partial charge in [0.1, 0.15) is 6.61 Å². The fraction of sp³-hybridized carbons (Fsp3) is 0.429. The second kappa shape index (κ2) is 3.83. The van der Waals surface area contributed by atoms with E-state index in [2.05, 4.69) is 9.88 Å². The average Bonchev–Trinajstić information content (AvgIpc) is 2.45. The smallest absolute Gasteiger partial charge is 0.258 e. The number of piperidine rings is 1. The molecule has 1 aromatic carbocycles. The number of para-hydroxylation sites is 2. The number of fused-ring (bicyclic) bond motifs is 4. The summed E-state index contributed by atoms with van der Waals surface area (Å²) >= 11 is 0. The van der Waals surface area contributed by atoms with Crippen LogP contribution in [0.25, 0.3) is 11.0 Å². The quantitative estimate of drug-likeness (QED) is 0.709. The number of hydrogen-bond acceptors (Lipinski definition) is 4. The minimum Gasteiger partial charge on any atom is -0.473 e. The second-order valence-corrected chi connectivity index (χ2v) is 5.00. The van der Waals surface area contributed by atoms with Crippen LogP contribution in [-0.4, -0.2) is 29.2 Å². The Morgan fingerprint density at radius 2 is 1.94 bits per heavy atom. The number of aromatic nitrogens is 2. The van der Waals surface area contributed by atoms with Crippen LogP contribution in [0.3, 0.4) is 0 Å². The number of benzene rings is 1. The van der Waals surface area contributed by atoms with Gasteiger partial charge in [-0.3, -0.25) is 0 Å². The summed E-state index contributed by atoms with van der Waals surface area (Å²) in [5.74, 6) is 1.64. The number of ether oxygens (including phenoxy) is 1. The third-order valence-corrected chi connectivity index (χ3v) is 3.83. The molecule has 92 valence electrons. The maximum atomic E-state index is 5.79. The van der Waals surface area contributed by atoms with E-state index in [0.29, 0.717) is 11.9 Å².